The number of nitrogens with zero attached hydrogens (tertiary/aromatic N) is 1. The molecule has 3 heteroatoms. The van der Waals surface area contributed by atoms with Crippen LogP contribution in [0.2, 0.25) is 0 Å². The topological polar surface area (TPSA) is 49.5 Å². The van der Waals surface area contributed by atoms with Gasteiger partial charge in [-0.25, -0.2) is 0 Å². The molecule has 0 aliphatic carbocycles. The molecular formula is C15H26N2O. The van der Waals surface area contributed by atoms with Crippen LogP contribution in [0.25, 0.3) is 0 Å². The number of hydrogen-bond acceptors (Lipinski definition) is 3. The molecule has 1 aromatic rings. The highest BCUT2D eigenvalue weighted by Gasteiger charge is 2.06. The molecule has 0 radical (unpaired) electrons. The summed E-state index contributed by atoms with van der Waals surface area (Å²) >= 11 is 0. The van der Waals surface area contributed by atoms with E-state index < -0.39 is 0 Å². The Bertz CT molecular complexity index is 344. The van der Waals surface area contributed by atoms with Crippen LogP contribution < -0.4 is 5.73 Å². The third kappa shape index (κ3) is 4.96. The predicted octanol–water partition coefficient (Wildman–Crippen LogP) is 3.38. The van der Waals surface area contributed by atoms with Gasteiger partial charge in [-0.15, -0.1) is 0 Å². The molecule has 0 aliphatic rings. The number of rotatable bonds is 8. The van der Waals surface area contributed by atoms with E-state index in [-0.39, 0.29) is 5.75 Å². The molecular weight excluding hydrogens is 224 g/mol. The first-order chi connectivity index (χ1) is 8.67. The van der Waals surface area contributed by atoms with Gasteiger partial charge in [-0.05, 0) is 43.6 Å². The average molecular weight is 250 g/mol. The van der Waals surface area contributed by atoms with Gasteiger partial charge in [0.2, 0.25) is 0 Å². The summed E-state index contributed by atoms with van der Waals surface area (Å²) in [7, 11) is 0. The van der Waals surface area contributed by atoms with E-state index in [4.69, 9.17) is 5.73 Å². The third-order valence-electron chi connectivity index (χ3n) is 3.15. The summed E-state index contributed by atoms with van der Waals surface area (Å²) in [6.07, 6.45) is 4.91. The second-order valence-electron chi connectivity index (χ2n) is 4.88. The zero-order valence-electron chi connectivity index (χ0n) is 11.7. The largest absolute Gasteiger partial charge is 0.506 e. The van der Waals surface area contributed by atoms with Crippen LogP contribution in [0.3, 0.4) is 0 Å². The second kappa shape index (κ2) is 7.98. The fraction of sp³-hybridized carbons (Fsp3) is 0.600. The number of nitrogens with two attached hydrogens (primary N) is 1. The van der Waals surface area contributed by atoms with E-state index >= 15 is 0 Å². The van der Waals surface area contributed by atoms with Gasteiger partial charge < -0.3 is 10.8 Å². The Morgan fingerprint density at radius 2 is 1.72 bits per heavy atom. The summed E-state index contributed by atoms with van der Waals surface area (Å²) in [5.41, 5.74) is 7.38. The van der Waals surface area contributed by atoms with Crippen LogP contribution in [0, 0.1) is 0 Å². The van der Waals surface area contributed by atoms with Crippen molar-refractivity contribution in [2.75, 3.05) is 18.8 Å². The van der Waals surface area contributed by atoms with Gasteiger partial charge in [0.25, 0.3) is 0 Å². The molecule has 1 rings (SSSR count). The van der Waals surface area contributed by atoms with Crippen LogP contribution in [-0.4, -0.2) is 23.1 Å². The zero-order chi connectivity index (χ0) is 13.4. The number of phenolic OH excluding ortho intramolecular Hbond substituents is 1. The molecule has 0 atom stereocenters. The Morgan fingerprint density at radius 3 is 2.22 bits per heavy atom. The molecule has 18 heavy (non-hydrogen) atoms. The summed E-state index contributed by atoms with van der Waals surface area (Å²) in [5, 5.41) is 9.42. The summed E-state index contributed by atoms with van der Waals surface area (Å²) in [6, 6.07) is 5.51. The fourth-order valence-corrected chi connectivity index (χ4v) is 1.99. The Hall–Kier alpha value is -1.22. The fourth-order valence-electron chi connectivity index (χ4n) is 1.99. The summed E-state index contributed by atoms with van der Waals surface area (Å²) in [4.78, 5) is 2.47. The van der Waals surface area contributed by atoms with Gasteiger partial charge >= 0.3 is 0 Å². The molecule has 0 saturated carbocycles. The number of aromatic hydroxyl groups is 1. The van der Waals surface area contributed by atoms with Gasteiger partial charge in [-0.1, -0.05) is 32.8 Å². The Morgan fingerprint density at radius 1 is 1.11 bits per heavy atom. The molecule has 3 N–H and O–H groups in total. The van der Waals surface area contributed by atoms with E-state index in [0.717, 1.165) is 19.6 Å². The summed E-state index contributed by atoms with van der Waals surface area (Å²) < 4.78 is 0. The van der Waals surface area contributed by atoms with Gasteiger partial charge in [-0.2, -0.15) is 0 Å². The minimum Gasteiger partial charge on any atom is -0.506 e. The van der Waals surface area contributed by atoms with Crippen LogP contribution in [0.15, 0.2) is 18.2 Å². The van der Waals surface area contributed by atoms with Crippen LogP contribution in [0.5, 0.6) is 5.75 Å². The number of benzene rings is 1. The van der Waals surface area contributed by atoms with Crippen molar-refractivity contribution in [3.63, 3.8) is 0 Å². The highest BCUT2D eigenvalue weighted by Crippen LogP contribution is 2.21. The van der Waals surface area contributed by atoms with Gasteiger partial charge in [0, 0.05) is 6.54 Å². The lowest BCUT2D eigenvalue weighted by atomic mass is 10.1. The van der Waals surface area contributed by atoms with E-state index in [2.05, 4.69) is 18.7 Å². The van der Waals surface area contributed by atoms with Crippen molar-refractivity contribution in [2.45, 2.75) is 46.1 Å². The summed E-state index contributed by atoms with van der Waals surface area (Å²) in [6.45, 7) is 7.63. The highest BCUT2D eigenvalue weighted by molar-refractivity contribution is 5.53. The van der Waals surface area contributed by atoms with E-state index in [9.17, 15) is 5.11 Å². The van der Waals surface area contributed by atoms with Crippen molar-refractivity contribution in [3.8, 4) is 5.75 Å². The predicted molar refractivity (Wildman–Crippen MR) is 77.6 cm³/mol. The lowest BCUT2D eigenvalue weighted by molar-refractivity contribution is 0.257. The average Bonchev–Trinajstić information content (AvgIpc) is 2.37. The number of nitrogen functional groups attached to an aromatic ring is 1. The number of hydrogen-bond donors (Lipinski definition) is 2. The van der Waals surface area contributed by atoms with Crippen LogP contribution in [-0.2, 0) is 6.54 Å². The molecule has 0 aliphatic heterocycles. The maximum atomic E-state index is 9.42. The van der Waals surface area contributed by atoms with E-state index in [1.807, 2.05) is 12.1 Å². The van der Waals surface area contributed by atoms with Crippen molar-refractivity contribution >= 4 is 5.69 Å². The maximum absolute atomic E-state index is 9.42. The van der Waals surface area contributed by atoms with Gasteiger partial charge in [0.1, 0.15) is 5.75 Å². The van der Waals surface area contributed by atoms with Gasteiger partial charge in [0.05, 0.1) is 5.69 Å². The van der Waals surface area contributed by atoms with Gasteiger partial charge in [-0.3, -0.25) is 4.90 Å². The van der Waals surface area contributed by atoms with Crippen molar-refractivity contribution in [1.29, 1.82) is 0 Å². The molecule has 3 nitrogen and oxygen atoms in total. The normalized spacial score (nSPS) is 11.1. The smallest absolute Gasteiger partial charge is 0.138 e. The molecule has 0 heterocycles. The molecule has 0 unspecified atom stereocenters. The molecule has 0 saturated heterocycles. The zero-order valence-corrected chi connectivity index (χ0v) is 11.7. The molecule has 0 spiro atoms. The SMILES string of the molecule is CCCCN(CCCC)Cc1ccc(O)c(N)c1. The van der Waals surface area contributed by atoms with E-state index in [1.54, 1.807) is 6.07 Å². The highest BCUT2D eigenvalue weighted by atomic mass is 16.3. The van der Waals surface area contributed by atoms with Crippen LogP contribution in [0.1, 0.15) is 45.1 Å². The third-order valence-corrected chi connectivity index (χ3v) is 3.15. The first kappa shape index (κ1) is 14.8. The molecule has 102 valence electrons. The molecule has 0 bridgehead atoms. The van der Waals surface area contributed by atoms with Crippen LogP contribution >= 0.6 is 0 Å². The van der Waals surface area contributed by atoms with Crippen molar-refractivity contribution in [3.05, 3.63) is 23.8 Å². The Balaban J connectivity index is 2.59. The number of phenols is 1. The minimum absolute atomic E-state index is 0.174. The maximum Gasteiger partial charge on any atom is 0.138 e. The first-order valence-corrected chi connectivity index (χ1v) is 6.97. The molecule has 0 aromatic heterocycles. The first-order valence-electron chi connectivity index (χ1n) is 6.97. The Kier molecular flexibility index (Phi) is 6.58. The lowest BCUT2D eigenvalue weighted by Gasteiger charge is -2.22. The van der Waals surface area contributed by atoms with Gasteiger partial charge in [0.15, 0.2) is 0 Å². The monoisotopic (exact) mass is 250 g/mol. The summed E-state index contributed by atoms with van der Waals surface area (Å²) in [5.74, 6) is 0.174. The molecule has 0 amide bonds. The quantitative estimate of drug-likeness (QED) is 0.549. The standard InChI is InChI=1S/C15H26N2O/c1-3-5-9-17(10-6-4-2)12-13-7-8-15(18)14(16)11-13/h7-8,11,18H,3-6,9-10,12,16H2,1-2H3. The van der Waals surface area contributed by atoms with Crippen molar-refractivity contribution in [1.82, 2.24) is 4.90 Å². The Labute approximate surface area is 111 Å². The van der Waals surface area contributed by atoms with Crippen molar-refractivity contribution in [2.24, 2.45) is 0 Å². The number of unbranched alkanes of at least 4 members (excludes halogenated alkanes) is 2. The van der Waals surface area contributed by atoms with E-state index in [0.29, 0.717) is 5.69 Å². The minimum atomic E-state index is 0.174. The van der Waals surface area contributed by atoms with E-state index in [1.165, 1.54) is 31.2 Å². The molecule has 1 aromatic carbocycles. The molecule has 0 fully saturated rings. The van der Waals surface area contributed by atoms with Crippen LogP contribution in [0.4, 0.5) is 5.69 Å². The lowest BCUT2D eigenvalue weighted by Crippen LogP contribution is -2.25. The number of anilines is 1. The second-order valence-corrected chi connectivity index (χ2v) is 4.88. The van der Waals surface area contributed by atoms with Crippen molar-refractivity contribution < 1.29 is 5.11 Å².